The molecule has 2 fully saturated rings. The van der Waals surface area contributed by atoms with Gasteiger partial charge in [0.25, 0.3) is 0 Å². The summed E-state index contributed by atoms with van der Waals surface area (Å²) in [6, 6.07) is 8.71. The first kappa shape index (κ1) is 19.0. The van der Waals surface area contributed by atoms with Crippen LogP contribution in [0.3, 0.4) is 0 Å². The molecule has 3 rings (SSSR count). The molecule has 0 bridgehead atoms. The number of likely N-dealkylation sites (tertiary alicyclic amines) is 1. The number of benzene rings is 1. The fraction of sp³-hybridized carbons (Fsp3) is 0.650. The number of carbonyl (C=O) groups is 1. The predicted octanol–water partition coefficient (Wildman–Crippen LogP) is 2.01. The number of hydrogen-bond acceptors (Lipinski definition) is 4. The first-order chi connectivity index (χ1) is 12.7. The van der Waals surface area contributed by atoms with Gasteiger partial charge in [0.05, 0.1) is 7.11 Å². The molecule has 2 heterocycles. The van der Waals surface area contributed by atoms with Gasteiger partial charge in [-0.25, -0.2) is 4.79 Å². The minimum absolute atomic E-state index is 0.0806. The first-order valence-corrected chi connectivity index (χ1v) is 9.78. The lowest BCUT2D eigenvalue weighted by Crippen LogP contribution is -2.53. The molecule has 6 heteroatoms. The van der Waals surface area contributed by atoms with E-state index in [4.69, 9.17) is 4.74 Å². The largest absolute Gasteiger partial charge is 0.497 e. The van der Waals surface area contributed by atoms with Crippen molar-refractivity contribution in [2.75, 3.05) is 52.9 Å². The molecule has 2 saturated heterocycles. The summed E-state index contributed by atoms with van der Waals surface area (Å²) >= 11 is 0. The minimum atomic E-state index is 0.0806. The summed E-state index contributed by atoms with van der Waals surface area (Å²) in [6.45, 7) is 9.57. The van der Waals surface area contributed by atoms with E-state index >= 15 is 0 Å². The number of carbonyl (C=O) groups excluding carboxylic acids is 1. The van der Waals surface area contributed by atoms with Gasteiger partial charge in [-0.05, 0) is 50.6 Å². The predicted molar refractivity (Wildman–Crippen MR) is 104 cm³/mol. The standard InChI is InChI=1S/C20H32N4O2/c1-17(23-8-3-4-9-23)15-21-20(25)24-12-10-22(11-13-24)16-18-6-5-7-19(14-18)26-2/h5-7,14,17H,3-4,8-13,15-16H2,1-2H3,(H,21,25)/t17-/m1/s1. The van der Waals surface area contributed by atoms with Crippen molar-refractivity contribution in [3.63, 3.8) is 0 Å². The molecule has 0 spiro atoms. The van der Waals surface area contributed by atoms with Gasteiger partial charge in [-0.15, -0.1) is 0 Å². The number of urea groups is 1. The van der Waals surface area contributed by atoms with E-state index in [-0.39, 0.29) is 6.03 Å². The number of ether oxygens (including phenoxy) is 1. The molecule has 0 radical (unpaired) electrons. The van der Waals surface area contributed by atoms with E-state index in [9.17, 15) is 4.79 Å². The molecular formula is C20H32N4O2. The van der Waals surface area contributed by atoms with Gasteiger partial charge < -0.3 is 15.0 Å². The maximum Gasteiger partial charge on any atom is 0.317 e. The second-order valence-electron chi connectivity index (χ2n) is 7.39. The van der Waals surface area contributed by atoms with E-state index in [1.165, 1.54) is 31.5 Å². The fourth-order valence-corrected chi connectivity index (χ4v) is 3.80. The van der Waals surface area contributed by atoms with Gasteiger partial charge in [0.1, 0.15) is 5.75 Å². The monoisotopic (exact) mass is 360 g/mol. The van der Waals surface area contributed by atoms with E-state index in [2.05, 4.69) is 34.2 Å². The number of hydrogen-bond donors (Lipinski definition) is 1. The molecule has 2 amide bonds. The maximum absolute atomic E-state index is 12.4. The smallest absolute Gasteiger partial charge is 0.317 e. The van der Waals surface area contributed by atoms with Gasteiger partial charge in [0.2, 0.25) is 0 Å². The molecule has 2 aliphatic heterocycles. The van der Waals surface area contributed by atoms with Crippen LogP contribution in [0.5, 0.6) is 5.75 Å². The van der Waals surface area contributed by atoms with Gasteiger partial charge >= 0.3 is 6.03 Å². The summed E-state index contributed by atoms with van der Waals surface area (Å²) in [5, 5.41) is 3.12. The molecule has 0 saturated carbocycles. The Kier molecular flexibility index (Phi) is 6.74. The van der Waals surface area contributed by atoms with Crippen LogP contribution in [0.2, 0.25) is 0 Å². The number of nitrogens with one attached hydrogen (secondary N) is 1. The highest BCUT2D eigenvalue weighted by atomic mass is 16.5. The van der Waals surface area contributed by atoms with Crippen molar-refractivity contribution in [1.82, 2.24) is 20.0 Å². The van der Waals surface area contributed by atoms with Crippen LogP contribution in [0.4, 0.5) is 4.79 Å². The molecule has 1 aromatic rings. The Balaban J connectivity index is 1.39. The number of amides is 2. The van der Waals surface area contributed by atoms with E-state index < -0.39 is 0 Å². The third kappa shape index (κ3) is 5.11. The van der Waals surface area contributed by atoms with Crippen molar-refractivity contribution in [1.29, 1.82) is 0 Å². The zero-order valence-corrected chi connectivity index (χ0v) is 16.1. The molecular weight excluding hydrogens is 328 g/mol. The highest BCUT2D eigenvalue weighted by Crippen LogP contribution is 2.15. The van der Waals surface area contributed by atoms with Gasteiger partial charge in [0, 0.05) is 45.3 Å². The Morgan fingerprint density at radius 1 is 1.15 bits per heavy atom. The summed E-state index contributed by atoms with van der Waals surface area (Å²) in [7, 11) is 1.70. The lowest BCUT2D eigenvalue weighted by molar-refractivity contribution is 0.133. The minimum Gasteiger partial charge on any atom is -0.497 e. The normalized spacial score (nSPS) is 20.2. The second kappa shape index (κ2) is 9.24. The van der Waals surface area contributed by atoms with E-state index in [0.717, 1.165) is 45.0 Å². The second-order valence-corrected chi connectivity index (χ2v) is 7.39. The molecule has 2 aliphatic rings. The lowest BCUT2D eigenvalue weighted by atomic mass is 10.2. The third-order valence-electron chi connectivity index (χ3n) is 5.51. The van der Waals surface area contributed by atoms with Crippen molar-refractivity contribution in [2.45, 2.75) is 32.4 Å². The van der Waals surface area contributed by atoms with Gasteiger partial charge in [-0.3, -0.25) is 9.80 Å². The molecule has 6 nitrogen and oxygen atoms in total. The Bertz CT molecular complexity index is 581. The van der Waals surface area contributed by atoms with Crippen LogP contribution in [0.1, 0.15) is 25.3 Å². The van der Waals surface area contributed by atoms with Gasteiger partial charge in [0.15, 0.2) is 0 Å². The Morgan fingerprint density at radius 2 is 1.88 bits per heavy atom. The van der Waals surface area contributed by atoms with E-state index in [1.54, 1.807) is 7.11 Å². The molecule has 1 N–H and O–H groups in total. The number of nitrogens with zero attached hydrogens (tertiary/aromatic N) is 3. The van der Waals surface area contributed by atoms with Crippen LogP contribution in [-0.4, -0.2) is 79.7 Å². The van der Waals surface area contributed by atoms with Crippen LogP contribution in [0.25, 0.3) is 0 Å². The molecule has 144 valence electrons. The summed E-state index contributed by atoms with van der Waals surface area (Å²) in [6.07, 6.45) is 2.57. The number of rotatable bonds is 6. The van der Waals surface area contributed by atoms with E-state index in [1.807, 2.05) is 17.0 Å². The van der Waals surface area contributed by atoms with Crippen LogP contribution in [0, 0.1) is 0 Å². The quantitative estimate of drug-likeness (QED) is 0.843. The van der Waals surface area contributed by atoms with Gasteiger partial charge in [-0.1, -0.05) is 12.1 Å². The van der Waals surface area contributed by atoms with Crippen molar-refractivity contribution >= 4 is 6.03 Å². The van der Waals surface area contributed by atoms with E-state index in [0.29, 0.717) is 6.04 Å². The Morgan fingerprint density at radius 3 is 2.58 bits per heavy atom. The van der Waals surface area contributed by atoms with Crippen LogP contribution in [-0.2, 0) is 6.54 Å². The Labute approximate surface area is 157 Å². The van der Waals surface area contributed by atoms with Crippen LogP contribution >= 0.6 is 0 Å². The van der Waals surface area contributed by atoms with Crippen LogP contribution < -0.4 is 10.1 Å². The van der Waals surface area contributed by atoms with Gasteiger partial charge in [-0.2, -0.15) is 0 Å². The molecule has 0 aromatic heterocycles. The molecule has 1 aromatic carbocycles. The highest BCUT2D eigenvalue weighted by molar-refractivity contribution is 5.74. The first-order valence-electron chi connectivity index (χ1n) is 9.78. The summed E-state index contributed by atoms with van der Waals surface area (Å²) in [5.41, 5.74) is 1.25. The van der Waals surface area contributed by atoms with Crippen molar-refractivity contribution in [3.8, 4) is 5.75 Å². The van der Waals surface area contributed by atoms with Crippen molar-refractivity contribution in [2.24, 2.45) is 0 Å². The summed E-state index contributed by atoms with van der Waals surface area (Å²) in [4.78, 5) is 19.2. The number of piperazine rings is 1. The molecule has 0 aliphatic carbocycles. The average molecular weight is 361 g/mol. The Hall–Kier alpha value is -1.79. The summed E-state index contributed by atoms with van der Waals surface area (Å²) < 4.78 is 5.29. The summed E-state index contributed by atoms with van der Waals surface area (Å²) in [5.74, 6) is 0.896. The maximum atomic E-state index is 12.4. The zero-order valence-electron chi connectivity index (χ0n) is 16.1. The fourth-order valence-electron chi connectivity index (χ4n) is 3.80. The van der Waals surface area contributed by atoms with Crippen molar-refractivity contribution in [3.05, 3.63) is 29.8 Å². The molecule has 26 heavy (non-hydrogen) atoms. The third-order valence-corrected chi connectivity index (χ3v) is 5.51. The van der Waals surface area contributed by atoms with Crippen LogP contribution in [0.15, 0.2) is 24.3 Å². The highest BCUT2D eigenvalue weighted by Gasteiger charge is 2.23. The lowest BCUT2D eigenvalue weighted by Gasteiger charge is -2.35. The molecule has 1 atom stereocenters. The zero-order chi connectivity index (χ0) is 18.4. The molecule has 0 unspecified atom stereocenters. The number of methoxy groups -OCH3 is 1. The average Bonchev–Trinajstić information content (AvgIpc) is 3.21. The SMILES string of the molecule is COc1cccc(CN2CCN(C(=O)NC[C@@H](C)N3CCCC3)CC2)c1. The van der Waals surface area contributed by atoms with Crippen molar-refractivity contribution < 1.29 is 9.53 Å². The topological polar surface area (TPSA) is 48.1 Å².